The lowest BCUT2D eigenvalue weighted by atomic mass is 10.1. The van der Waals surface area contributed by atoms with Crippen LogP contribution in [0, 0.1) is 0 Å². The van der Waals surface area contributed by atoms with Crippen LogP contribution in [0.2, 0.25) is 0 Å². The van der Waals surface area contributed by atoms with Crippen LogP contribution in [0.25, 0.3) is 0 Å². The van der Waals surface area contributed by atoms with Crippen molar-refractivity contribution in [3.8, 4) is 0 Å². The van der Waals surface area contributed by atoms with Crippen LogP contribution in [0.5, 0.6) is 0 Å². The van der Waals surface area contributed by atoms with Gasteiger partial charge in [-0.25, -0.2) is 5.32 Å². The fourth-order valence-corrected chi connectivity index (χ4v) is 1.30. The number of hydrogen-bond acceptors (Lipinski definition) is 2. The summed E-state index contributed by atoms with van der Waals surface area (Å²) in [5.74, 6) is 0. The van der Waals surface area contributed by atoms with Crippen molar-refractivity contribution in [1.29, 1.82) is 0 Å². The second-order valence-corrected chi connectivity index (χ2v) is 2.77. The molecule has 0 aliphatic carbocycles. The van der Waals surface area contributed by atoms with Crippen LogP contribution < -0.4 is 5.32 Å². The number of aromatic nitrogens is 1. The van der Waals surface area contributed by atoms with Crippen molar-refractivity contribution in [3.05, 3.63) is 30.1 Å². The molecule has 0 saturated carbocycles. The van der Waals surface area contributed by atoms with E-state index in [9.17, 15) is 0 Å². The molecular weight excluding hydrogens is 152 g/mol. The van der Waals surface area contributed by atoms with E-state index in [0.29, 0.717) is 0 Å². The minimum absolute atomic E-state index is 0.154. The highest BCUT2D eigenvalue weighted by Crippen LogP contribution is 2.17. The summed E-state index contributed by atoms with van der Waals surface area (Å²) in [7, 11) is 0. The van der Waals surface area contributed by atoms with Crippen molar-refractivity contribution >= 4 is 0 Å². The lowest BCUT2D eigenvalue weighted by Gasteiger charge is -2.22. The smallest absolute Gasteiger partial charge is 0.0967 e. The molecule has 0 N–H and O–H groups in total. The summed E-state index contributed by atoms with van der Waals surface area (Å²) in [6, 6.07) is 3.96. The molecule has 1 atom stereocenters. The zero-order valence-corrected chi connectivity index (χ0v) is 6.81. The second-order valence-electron chi connectivity index (χ2n) is 2.77. The molecule has 1 aliphatic heterocycles. The molecule has 1 aliphatic rings. The third-order valence-corrected chi connectivity index (χ3v) is 1.94. The minimum Gasteiger partial charge on any atom is -0.371 e. The van der Waals surface area contributed by atoms with Gasteiger partial charge in [0.25, 0.3) is 0 Å². The lowest BCUT2D eigenvalue weighted by Crippen LogP contribution is -2.28. The molecule has 0 amide bonds. The van der Waals surface area contributed by atoms with E-state index < -0.39 is 0 Å². The molecule has 1 aromatic heterocycles. The molecule has 1 fully saturated rings. The van der Waals surface area contributed by atoms with Crippen molar-refractivity contribution in [2.75, 3.05) is 19.7 Å². The monoisotopic (exact) mass is 163 g/mol. The molecule has 0 bridgehead atoms. The van der Waals surface area contributed by atoms with E-state index in [1.807, 2.05) is 12.1 Å². The van der Waals surface area contributed by atoms with Gasteiger partial charge in [0, 0.05) is 25.5 Å². The largest absolute Gasteiger partial charge is 0.371 e. The maximum Gasteiger partial charge on any atom is 0.0967 e. The molecule has 2 heterocycles. The van der Waals surface area contributed by atoms with Gasteiger partial charge in [0.2, 0.25) is 0 Å². The Bertz CT molecular complexity index is 232. The van der Waals surface area contributed by atoms with Crippen LogP contribution in [0.1, 0.15) is 11.7 Å². The van der Waals surface area contributed by atoms with Gasteiger partial charge < -0.3 is 4.74 Å². The van der Waals surface area contributed by atoms with Crippen LogP contribution in [-0.4, -0.2) is 24.7 Å². The molecule has 3 heteroatoms. The number of morpholine rings is 1. The SMILES string of the molecule is c1cc(C2C[N]CCO2)ccn1. The number of hydrogen-bond donors (Lipinski definition) is 0. The Kier molecular flexibility index (Phi) is 2.34. The van der Waals surface area contributed by atoms with Crippen LogP contribution in [0.15, 0.2) is 24.5 Å². The fraction of sp³-hybridized carbons (Fsp3) is 0.444. The molecule has 0 spiro atoms. The third-order valence-electron chi connectivity index (χ3n) is 1.94. The Morgan fingerprint density at radius 3 is 2.83 bits per heavy atom. The number of ether oxygens (including phenoxy) is 1. The van der Waals surface area contributed by atoms with E-state index in [0.717, 1.165) is 19.7 Å². The summed E-state index contributed by atoms with van der Waals surface area (Å²) in [4.78, 5) is 3.95. The summed E-state index contributed by atoms with van der Waals surface area (Å²) < 4.78 is 5.54. The van der Waals surface area contributed by atoms with Gasteiger partial charge in [-0.15, -0.1) is 0 Å². The van der Waals surface area contributed by atoms with Crippen molar-refractivity contribution in [2.45, 2.75) is 6.10 Å². The van der Waals surface area contributed by atoms with Crippen LogP contribution >= 0.6 is 0 Å². The van der Waals surface area contributed by atoms with Gasteiger partial charge in [-0.1, -0.05) is 0 Å². The summed E-state index contributed by atoms with van der Waals surface area (Å²) in [5.41, 5.74) is 1.17. The normalized spacial score (nSPS) is 23.8. The van der Waals surface area contributed by atoms with E-state index in [1.54, 1.807) is 12.4 Å². The Balaban J connectivity index is 2.08. The highest BCUT2D eigenvalue weighted by Gasteiger charge is 2.15. The first-order chi connectivity index (χ1) is 5.97. The average molecular weight is 163 g/mol. The molecule has 1 saturated heterocycles. The quantitative estimate of drug-likeness (QED) is 0.612. The topological polar surface area (TPSA) is 36.2 Å². The lowest BCUT2D eigenvalue weighted by molar-refractivity contribution is 0.0260. The van der Waals surface area contributed by atoms with E-state index in [1.165, 1.54) is 5.56 Å². The van der Waals surface area contributed by atoms with Gasteiger partial charge >= 0.3 is 0 Å². The molecule has 63 valence electrons. The molecular formula is C9H11N2O. The molecule has 0 aromatic carbocycles. The van der Waals surface area contributed by atoms with Crippen molar-refractivity contribution in [3.63, 3.8) is 0 Å². The maximum atomic E-state index is 5.54. The summed E-state index contributed by atoms with van der Waals surface area (Å²) in [6.45, 7) is 2.36. The summed E-state index contributed by atoms with van der Waals surface area (Å²) in [6.07, 6.45) is 3.72. The van der Waals surface area contributed by atoms with Crippen molar-refractivity contribution in [1.82, 2.24) is 10.3 Å². The number of pyridine rings is 1. The van der Waals surface area contributed by atoms with Crippen LogP contribution in [0.3, 0.4) is 0 Å². The average Bonchev–Trinajstić information content (AvgIpc) is 2.21. The fourth-order valence-electron chi connectivity index (χ4n) is 1.30. The van der Waals surface area contributed by atoms with Gasteiger partial charge in [0.1, 0.15) is 0 Å². The van der Waals surface area contributed by atoms with Gasteiger partial charge in [-0.05, 0) is 17.7 Å². The van der Waals surface area contributed by atoms with Crippen molar-refractivity contribution < 1.29 is 4.74 Å². The second kappa shape index (κ2) is 3.65. The Labute approximate surface area is 71.8 Å². The van der Waals surface area contributed by atoms with E-state index in [2.05, 4.69) is 10.3 Å². The van der Waals surface area contributed by atoms with Gasteiger partial charge in [0.05, 0.1) is 12.7 Å². The molecule has 1 unspecified atom stereocenters. The molecule has 12 heavy (non-hydrogen) atoms. The molecule has 1 aromatic rings. The van der Waals surface area contributed by atoms with Crippen molar-refractivity contribution in [2.24, 2.45) is 0 Å². The molecule has 3 nitrogen and oxygen atoms in total. The first kappa shape index (κ1) is 7.71. The summed E-state index contributed by atoms with van der Waals surface area (Å²) in [5, 5.41) is 4.29. The predicted octanol–water partition coefficient (Wildman–Crippen LogP) is 0.757. The highest BCUT2D eigenvalue weighted by atomic mass is 16.5. The van der Waals surface area contributed by atoms with Gasteiger partial charge in [-0.2, -0.15) is 0 Å². The van der Waals surface area contributed by atoms with E-state index >= 15 is 0 Å². The number of nitrogens with zero attached hydrogens (tertiary/aromatic N) is 2. The highest BCUT2D eigenvalue weighted by molar-refractivity contribution is 5.14. The summed E-state index contributed by atoms with van der Waals surface area (Å²) >= 11 is 0. The van der Waals surface area contributed by atoms with Gasteiger partial charge in [0.15, 0.2) is 0 Å². The van der Waals surface area contributed by atoms with Crippen LogP contribution in [-0.2, 0) is 4.74 Å². The maximum absolute atomic E-state index is 5.54. The zero-order chi connectivity index (χ0) is 8.23. The standard InChI is InChI=1S/C9H11N2O/c1-3-10-4-2-8(1)9-7-11-5-6-12-9/h1-4,9H,5-7H2. The first-order valence-electron chi connectivity index (χ1n) is 4.11. The predicted molar refractivity (Wildman–Crippen MR) is 44.8 cm³/mol. The zero-order valence-electron chi connectivity index (χ0n) is 6.81. The first-order valence-corrected chi connectivity index (χ1v) is 4.11. The Hall–Kier alpha value is -0.930. The van der Waals surface area contributed by atoms with E-state index in [4.69, 9.17) is 4.74 Å². The van der Waals surface area contributed by atoms with Crippen LogP contribution in [0.4, 0.5) is 0 Å². The van der Waals surface area contributed by atoms with E-state index in [-0.39, 0.29) is 6.10 Å². The Morgan fingerprint density at radius 1 is 1.33 bits per heavy atom. The molecule has 1 radical (unpaired) electrons. The molecule has 2 rings (SSSR count). The third kappa shape index (κ3) is 1.62. The minimum atomic E-state index is 0.154. The number of rotatable bonds is 1. The Morgan fingerprint density at radius 2 is 2.17 bits per heavy atom. The van der Waals surface area contributed by atoms with Gasteiger partial charge in [-0.3, -0.25) is 4.98 Å².